The van der Waals surface area contributed by atoms with E-state index in [1.54, 1.807) is 25.1 Å². The van der Waals surface area contributed by atoms with Crippen LogP contribution in [0.2, 0.25) is 0 Å². The molecule has 166 valence electrons. The van der Waals surface area contributed by atoms with E-state index in [4.69, 9.17) is 4.74 Å². The van der Waals surface area contributed by atoms with Crippen LogP contribution in [0.5, 0.6) is 0 Å². The molecule has 0 radical (unpaired) electrons. The highest BCUT2D eigenvalue weighted by Gasteiger charge is 2.17. The first-order chi connectivity index (χ1) is 15.9. The van der Waals surface area contributed by atoms with Crippen molar-refractivity contribution in [1.82, 2.24) is 19.7 Å². The number of benzene rings is 2. The molecule has 33 heavy (non-hydrogen) atoms. The molecule has 1 N–H and O–H groups in total. The summed E-state index contributed by atoms with van der Waals surface area (Å²) in [4.78, 5) is 34.1. The highest BCUT2D eigenvalue weighted by atomic mass is 16.5. The fraction of sp³-hybridized carbons (Fsp3) is 0.160. The number of carbonyl (C=O) groups is 2. The Morgan fingerprint density at radius 3 is 2.27 bits per heavy atom. The smallest absolute Gasteiger partial charge is 0.339 e. The fourth-order valence-electron chi connectivity index (χ4n) is 3.46. The molecule has 2 aromatic heterocycles. The van der Waals surface area contributed by atoms with Crippen LogP contribution in [0.15, 0.2) is 66.7 Å². The van der Waals surface area contributed by atoms with Crippen LogP contribution < -0.4 is 5.32 Å². The van der Waals surface area contributed by atoms with Crippen molar-refractivity contribution in [3.8, 4) is 17.1 Å². The first-order valence-electron chi connectivity index (χ1n) is 10.4. The third kappa shape index (κ3) is 5.12. The van der Waals surface area contributed by atoms with Gasteiger partial charge in [-0.15, -0.1) is 0 Å². The highest BCUT2D eigenvalue weighted by molar-refractivity contribution is 5.99. The zero-order chi connectivity index (χ0) is 23.4. The maximum absolute atomic E-state index is 12.7. The summed E-state index contributed by atoms with van der Waals surface area (Å²) < 4.78 is 6.76. The number of amides is 1. The lowest BCUT2D eigenvalue weighted by Gasteiger charge is -2.11. The highest BCUT2D eigenvalue weighted by Crippen LogP contribution is 2.24. The molecule has 0 unspecified atom stereocenters. The Balaban J connectivity index is 1.47. The maximum atomic E-state index is 12.7. The number of nitrogens with one attached hydrogen (secondary N) is 1. The number of esters is 1. The summed E-state index contributed by atoms with van der Waals surface area (Å²) in [6.45, 7) is 5.08. The predicted octanol–water partition coefficient (Wildman–Crippen LogP) is 4.05. The number of hydrogen-bond donors (Lipinski definition) is 1. The van der Waals surface area contributed by atoms with Gasteiger partial charge in [0.15, 0.2) is 6.61 Å². The van der Waals surface area contributed by atoms with Gasteiger partial charge in [-0.3, -0.25) is 4.79 Å². The van der Waals surface area contributed by atoms with Crippen molar-refractivity contribution in [2.24, 2.45) is 0 Å². The SMILES string of the molecule is Cc1cc(C)nc(-n2nc(C)cc2NC(=O)COC(=O)c2ccccc2-c2ccccc2)n1. The molecule has 8 nitrogen and oxygen atoms in total. The largest absolute Gasteiger partial charge is 0.452 e. The van der Waals surface area contributed by atoms with Gasteiger partial charge < -0.3 is 10.1 Å². The molecule has 0 aliphatic rings. The first kappa shape index (κ1) is 21.9. The average molecular weight is 441 g/mol. The predicted molar refractivity (Wildman–Crippen MR) is 124 cm³/mol. The lowest BCUT2D eigenvalue weighted by atomic mass is 10.00. The molecule has 0 spiro atoms. The molecule has 2 aromatic carbocycles. The van der Waals surface area contributed by atoms with E-state index in [0.717, 1.165) is 22.5 Å². The van der Waals surface area contributed by atoms with E-state index >= 15 is 0 Å². The molecule has 0 atom stereocenters. The van der Waals surface area contributed by atoms with Gasteiger partial charge in [-0.1, -0.05) is 48.5 Å². The molecule has 0 saturated heterocycles. The van der Waals surface area contributed by atoms with E-state index in [1.165, 1.54) is 4.68 Å². The number of hydrogen-bond acceptors (Lipinski definition) is 6. The summed E-state index contributed by atoms with van der Waals surface area (Å²) in [6.07, 6.45) is 0. The second-order valence-corrected chi connectivity index (χ2v) is 7.57. The lowest BCUT2D eigenvalue weighted by molar-refractivity contribution is -0.119. The van der Waals surface area contributed by atoms with Gasteiger partial charge >= 0.3 is 5.97 Å². The normalized spacial score (nSPS) is 10.6. The summed E-state index contributed by atoms with van der Waals surface area (Å²) in [5.41, 5.74) is 4.28. The van der Waals surface area contributed by atoms with E-state index in [2.05, 4.69) is 20.4 Å². The molecule has 0 fully saturated rings. The van der Waals surface area contributed by atoms with Crippen LogP contribution in [0, 0.1) is 20.8 Å². The number of nitrogens with zero attached hydrogens (tertiary/aromatic N) is 4. The Bertz CT molecular complexity index is 1290. The number of aryl methyl sites for hydroxylation is 3. The van der Waals surface area contributed by atoms with Crippen molar-refractivity contribution in [2.45, 2.75) is 20.8 Å². The van der Waals surface area contributed by atoms with Crippen molar-refractivity contribution in [1.29, 1.82) is 0 Å². The monoisotopic (exact) mass is 441 g/mol. The van der Waals surface area contributed by atoms with Crippen molar-refractivity contribution in [3.05, 3.63) is 89.4 Å². The third-order valence-corrected chi connectivity index (χ3v) is 4.83. The van der Waals surface area contributed by atoms with E-state index in [9.17, 15) is 9.59 Å². The summed E-state index contributed by atoms with van der Waals surface area (Å²) in [5.74, 6) is -0.328. The molecular formula is C25H23N5O3. The van der Waals surface area contributed by atoms with Crippen molar-refractivity contribution in [3.63, 3.8) is 0 Å². The third-order valence-electron chi connectivity index (χ3n) is 4.83. The molecule has 4 aromatic rings. The van der Waals surface area contributed by atoms with Crippen molar-refractivity contribution in [2.75, 3.05) is 11.9 Å². The summed E-state index contributed by atoms with van der Waals surface area (Å²) in [7, 11) is 0. The second kappa shape index (κ2) is 9.44. The Morgan fingerprint density at radius 1 is 0.879 bits per heavy atom. The lowest BCUT2D eigenvalue weighted by Crippen LogP contribution is -2.23. The number of ether oxygens (including phenoxy) is 1. The van der Waals surface area contributed by atoms with Crippen LogP contribution in [0.4, 0.5) is 5.82 Å². The molecule has 0 bridgehead atoms. The summed E-state index contributed by atoms with van der Waals surface area (Å²) >= 11 is 0. The van der Waals surface area contributed by atoms with Crippen LogP contribution in [0.1, 0.15) is 27.4 Å². The van der Waals surface area contributed by atoms with Crippen LogP contribution >= 0.6 is 0 Å². The van der Waals surface area contributed by atoms with Gasteiger partial charge in [0.2, 0.25) is 0 Å². The standard InChI is InChI=1S/C25H23N5O3/c1-16-13-17(2)27-25(26-16)30-22(14-18(3)29-30)28-23(31)15-33-24(32)21-12-8-7-11-20(21)19-9-5-4-6-10-19/h4-14H,15H2,1-3H3,(H,28,31). The van der Waals surface area contributed by atoms with E-state index in [0.29, 0.717) is 23.0 Å². The van der Waals surface area contributed by atoms with Crippen LogP contribution in [0.3, 0.4) is 0 Å². The van der Waals surface area contributed by atoms with Gasteiger partial charge in [0.1, 0.15) is 5.82 Å². The van der Waals surface area contributed by atoms with Gasteiger partial charge in [-0.05, 0) is 44.0 Å². The van der Waals surface area contributed by atoms with Gasteiger partial charge in [0, 0.05) is 17.5 Å². The Labute approximate surface area is 191 Å². The number of carbonyl (C=O) groups excluding carboxylic acids is 2. The van der Waals surface area contributed by atoms with Gasteiger partial charge in [0.05, 0.1) is 11.3 Å². The molecule has 0 aliphatic heterocycles. The van der Waals surface area contributed by atoms with Gasteiger partial charge in [-0.2, -0.15) is 9.78 Å². The Hall–Kier alpha value is -4.33. The number of anilines is 1. The average Bonchev–Trinajstić information content (AvgIpc) is 3.17. The van der Waals surface area contributed by atoms with E-state index < -0.39 is 18.5 Å². The minimum Gasteiger partial charge on any atom is -0.452 e. The summed E-state index contributed by atoms with van der Waals surface area (Å²) in [5, 5.41) is 7.10. The molecule has 4 rings (SSSR count). The Morgan fingerprint density at radius 2 is 1.55 bits per heavy atom. The van der Waals surface area contributed by atoms with Gasteiger partial charge in [0.25, 0.3) is 11.9 Å². The zero-order valence-corrected chi connectivity index (χ0v) is 18.6. The number of rotatable bonds is 6. The van der Waals surface area contributed by atoms with Crippen molar-refractivity contribution < 1.29 is 14.3 Å². The van der Waals surface area contributed by atoms with Crippen LogP contribution in [0.25, 0.3) is 17.1 Å². The van der Waals surface area contributed by atoms with Crippen LogP contribution in [-0.2, 0) is 9.53 Å². The molecule has 2 heterocycles. The zero-order valence-electron chi connectivity index (χ0n) is 18.6. The van der Waals surface area contributed by atoms with Gasteiger partial charge in [-0.25, -0.2) is 14.8 Å². The quantitative estimate of drug-likeness (QED) is 0.453. The van der Waals surface area contributed by atoms with E-state index in [1.807, 2.05) is 62.4 Å². The second-order valence-electron chi connectivity index (χ2n) is 7.57. The molecule has 0 aliphatic carbocycles. The minimum atomic E-state index is -0.577. The molecule has 8 heteroatoms. The molecule has 1 amide bonds. The minimum absolute atomic E-state index is 0.352. The summed E-state index contributed by atoms with van der Waals surface area (Å²) in [6, 6.07) is 20.2. The fourth-order valence-corrected chi connectivity index (χ4v) is 3.46. The molecule has 0 saturated carbocycles. The van der Waals surface area contributed by atoms with Crippen LogP contribution in [-0.4, -0.2) is 38.2 Å². The Kier molecular flexibility index (Phi) is 6.26. The topological polar surface area (TPSA) is 99.0 Å². The maximum Gasteiger partial charge on any atom is 0.339 e. The van der Waals surface area contributed by atoms with Crippen molar-refractivity contribution >= 4 is 17.7 Å². The number of aromatic nitrogens is 4. The van der Waals surface area contributed by atoms with E-state index in [-0.39, 0.29) is 0 Å². The molecular weight excluding hydrogens is 418 g/mol. The first-order valence-corrected chi connectivity index (χ1v) is 10.4.